The first-order chi connectivity index (χ1) is 9.56. The van der Waals surface area contributed by atoms with Crippen LogP contribution in [0.4, 0.5) is 11.4 Å². The molecule has 2 unspecified atom stereocenters. The van der Waals surface area contributed by atoms with Crippen molar-refractivity contribution in [2.75, 3.05) is 18.0 Å². The summed E-state index contributed by atoms with van der Waals surface area (Å²) in [5.74, 6) is 1.34. The number of hydrogen-bond donors (Lipinski definition) is 0. The van der Waals surface area contributed by atoms with Gasteiger partial charge in [-0.05, 0) is 37.7 Å². The van der Waals surface area contributed by atoms with Crippen LogP contribution in [0.25, 0.3) is 0 Å². The van der Waals surface area contributed by atoms with Gasteiger partial charge in [-0.3, -0.25) is 14.9 Å². The number of anilines is 1. The van der Waals surface area contributed by atoms with Gasteiger partial charge in [0, 0.05) is 36.5 Å². The first kappa shape index (κ1) is 13.1. The summed E-state index contributed by atoms with van der Waals surface area (Å²) in [4.78, 5) is 24.4. The van der Waals surface area contributed by atoms with Crippen molar-refractivity contribution in [3.8, 4) is 0 Å². The summed E-state index contributed by atoms with van der Waals surface area (Å²) < 4.78 is 0. The number of carbonyl (C=O) groups excluding carboxylic acids is 1. The Kier molecular flexibility index (Phi) is 3.20. The van der Waals surface area contributed by atoms with Crippen LogP contribution in [0, 0.1) is 22.0 Å². The van der Waals surface area contributed by atoms with Crippen molar-refractivity contribution >= 4 is 17.2 Å². The third-order valence-corrected chi connectivity index (χ3v) is 4.64. The summed E-state index contributed by atoms with van der Waals surface area (Å²) in [5.41, 5.74) is 1.31. The maximum Gasteiger partial charge on any atom is 0.270 e. The average Bonchev–Trinajstić information content (AvgIpc) is 2.98. The third kappa shape index (κ3) is 2.17. The first-order valence-electron chi connectivity index (χ1n) is 7.10. The van der Waals surface area contributed by atoms with Crippen LogP contribution in [-0.4, -0.2) is 23.8 Å². The van der Waals surface area contributed by atoms with E-state index < -0.39 is 4.92 Å². The highest BCUT2D eigenvalue weighted by molar-refractivity contribution is 6.00. The lowest BCUT2D eigenvalue weighted by atomic mass is 10.0. The Morgan fingerprint density at radius 1 is 1.30 bits per heavy atom. The molecule has 106 valence electrons. The van der Waals surface area contributed by atoms with Crippen molar-refractivity contribution in [3.63, 3.8) is 0 Å². The van der Waals surface area contributed by atoms with E-state index in [9.17, 15) is 14.9 Å². The average molecular weight is 274 g/mol. The molecule has 0 spiro atoms. The van der Waals surface area contributed by atoms with Crippen molar-refractivity contribution in [2.24, 2.45) is 11.8 Å². The number of hydrogen-bond acceptors (Lipinski definition) is 4. The Hall–Kier alpha value is -1.91. The van der Waals surface area contributed by atoms with Gasteiger partial charge in [-0.15, -0.1) is 0 Å². The molecule has 1 aromatic carbocycles. The number of nitro benzene ring substituents is 1. The van der Waals surface area contributed by atoms with Gasteiger partial charge in [-0.2, -0.15) is 0 Å². The van der Waals surface area contributed by atoms with Gasteiger partial charge in [0.15, 0.2) is 5.78 Å². The number of ketones is 1. The molecule has 3 rings (SSSR count). The van der Waals surface area contributed by atoms with E-state index in [1.807, 2.05) is 0 Å². The topological polar surface area (TPSA) is 63.4 Å². The van der Waals surface area contributed by atoms with Gasteiger partial charge in [-0.25, -0.2) is 0 Å². The second kappa shape index (κ2) is 4.89. The molecule has 1 aromatic rings. The first-order valence-corrected chi connectivity index (χ1v) is 7.10. The van der Waals surface area contributed by atoms with Crippen LogP contribution in [0.3, 0.4) is 0 Å². The highest BCUT2D eigenvalue weighted by Crippen LogP contribution is 2.40. The number of benzene rings is 1. The predicted octanol–water partition coefficient (Wildman–Crippen LogP) is 3.03. The number of nitro groups is 1. The largest absolute Gasteiger partial charge is 0.370 e. The lowest BCUT2D eigenvalue weighted by molar-refractivity contribution is -0.384. The van der Waals surface area contributed by atoms with E-state index in [1.165, 1.54) is 38.3 Å². The van der Waals surface area contributed by atoms with Crippen molar-refractivity contribution < 1.29 is 9.72 Å². The highest BCUT2D eigenvalue weighted by atomic mass is 16.6. The normalized spacial score (nSPS) is 24.8. The molecule has 2 aliphatic rings. The Morgan fingerprint density at radius 2 is 1.95 bits per heavy atom. The molecule has 5 nitrogen and oxygen atoms in total. The van der Waals surface area contributed by atoms with Crippen molar-refractivity contribution in [2.45, 2.75) is 26.2 Å². The second-order valence-electron chi connectivity index (χ2n) is 5.87. The second-order valence-corrected chi connectivity index (χ2v) is 5.87. The monoisotopic (exact) mass is 274 g/mol. The van der Waals surface area contributed by atoms with Crippen molar-refractivity contribution in [1.82, 2.24) is 0 Å². The minimum absolute atomic E-state index is 0.0154. The van der Waals surface area contributed by atoms with E-state index in [-0.39, 0.29) is 11.5 Å². The van der Waals surface area contributed by atoms with Crippen LogP contribution in [0.1, 0.15) is 36.5 Å². The zero-order chi connectivity index (χ0) is 14.3. The Morgan fingerprint density at radius 3 is 2.50 bits per heavy atom. The molecule has 0 N–H and O–H groups in total. The van der Waals surface area contributed by atoms with Crippen LogP contribution < -0.4 is 4.90 Å². The molecule has 0 aromatic heterocycles. The summed E-state index contributed by atoms with van der Waals surface area (Å²) in [7, 11) is 0. The van der Waals surface area contributed by atoms with E-state index in [1.54, 1.807) is 6.07 Å². The van der Waals surface area contributed by atoms with Gasteiger partial charge in [0.25, 0.3) is 5.69 Å². The highest BCUT2D eigenvalue weighted by Gasteiger charge is 2.37. The molecule has 0 bridgehead atoms. The van der Waals surface area contributed by atoms with E-state index in [0.717, 1.165) is 30.6 Å². The smallest absolute Gasteiger partial charge is 0.270 e. The van der Waals surface area contributed by atoms with Gasteiger partial charge in [-0.1, -0.05) is 6.42 Å². The van der Waals surface area contributed by atoms with Crippen LogP contribution >= 0.6 is 0 Å². The molecule has 20 heavy (non-hydrogen) atoms. The standard InChI is InChI=1S/C15H18N2O3/c1-10(18)14-7-13(17(19)20)5-6-15(14)16-8-11-3-2-4-12(11)9-16/h5-7,11-12H,2-4,8-9H2,1H3. The molecule has 2 fully saturated rings. The van der Waals surface area contributed by atoms with Gasteiger partial charge >= 0.3 is 0 Å². The molecule has 0 radical (unpaired) electrons. The minimum atomic E-state index is -0.449. The fourth-order valence-corrected chi connectivity index (χ4v) is 3.63. The molecule has 1 aliphatic carbocycles. The quantitative estimate of drug-likeness (QED) is 0.483. The van der Waals surface area contributed by atoms with Gasteiger partial charge in [0.2, 0.25) is 0 Å². The Bertz CT molecular complexity index is 558. The van der Waals surface area contributed by atoms with Crippen LogP contribution in [0.2, 0.25) is 0 Å². The summed E-state index contributed by atoms with van der Waals surface area (Å²) in [6.45, 7) is 3.42. The maximum absolute atomic E-state index is 11.8. The van der Waals surface area contributed by atoms with E-state index in [0.29, 0.717) is 5.56 Å². The van der Waals surface area contributed by atoms with Gasteiger partial charge < -0.3 is 4.90 Å². The maximum atomic E-state index is 11.8. The molecule has 0 amide bonds. The van der Waals surface area contributed by atoms with E-state index in [4.69, 9.17) is 0 Å². The Balaban J connectivity index is 1.93. The molecule has 1 saturated heterocycles. The zero-order valence-corrected chi connectivity index (χ0v) is 11.5. The third-order valence-electron chi connectivity index (χ3n) is 4.64. The fraction of sp³-hybridized carbons (Fsp3) is 0.533. The molecule has 5 heteroatoms. The molecule has 1 saturated carbocycles. The number of rotatable bonds is 3. The summed E-state index contributed by atoms with van der Waals surface area (Å²) in [6.07, 6.45) is 3.84. The van der Waals surface area contributed by atoms with Crippen molar-refractivity contribution in [1.29, 1.82) is 0 Å². The number of Topliss-reactive ketones (excluding diaryl/α,β-unsaturated/α-hetero) is 1. The molecule has 1 aliphatic heterocycles. The summed E-state index contributed by atoms with van der Waals surface area (Å²) in [5, 5.41) is 10.8. The van der Waals surface area contributed by atoms with Gasteiger partial charge in [0.1, 0.15) is 0 Å². The summed E-state index contributed by atoms with van der Waals surface area (Å²) >= 11 is 0. The lowest BCUT2D eigenvalue weighted by Gasteiger charge is -2.22. The number of fused-ring (bicyclic) bond motifs is 1. The SMILES string of the molecule is CC(=O)c1cc([N+](=O)[O-])ccc1N1CC2CCCC2C1. The number of carbonyl (C=O) groups is 1. The van der Waals surface area contributed by atoms with E-state index in [2.05, 4.69) is 4.90 Å². The lowest BCUT2D eigenvalue weighted by Crippen LogP contribution is -2.22. The fourth-order valence-electron chi connectivity index (χ4n) is 3.63. The van der Waals surface area contributed by atoms with E-state index >= 15 is 0 Å². The predicted molar refractivity (Wildman–Crippen MR) is 76.1 cm³/mol. The van der Waals surface area contributed by atoms with Crippen molar-refractivity contribution in [3.05, 3.63) is 33.9 Å². The molecule has 1 heterocycles. The molecular weight excluding hydrogens is 256 g/mol. The van der Waals surface area contributed by atoms with Crippen LogP contribution in [0.5, 0.6) is 0 Å². The summed E-state index contributed by atoms with van der Waals surface area (Å²) in [6, 6.07) is 4.64. The zero-order valence-electron chi connectivity index (χ0n) is 11.5. The molecule has 2 atom stereocenters. The number of non-ortho nitro benzene ring substituents is 1. The minimum Gasteiger partial charge on any atom is -0.370 e. The Labute approximate surface area is 117 Å². The van der Waals surface area contributed by atoms with Crippen LogP contribution in [0.15, 0.2) is 18.2 Å². The van der Waals surface area contributed by atoms with Crippen LogP contribution in [-0.2, 0) is 0 Å². The van der Waals surface area contributed by atoms with Gasteiger partial charge in [0.05, 0.1) is 4.92 Å². The number of nitrogens with zero attached hydrogens (tertiary/aromatic N) is 2. The molecular formula is C15H18N2O3.